The number of halogens is 1. The summed E-state index contributed by atoms with van der Waals surface area (Å²) in [6.45, 7) is 3.38. The van der Waals surface area contributed by atoms with E-state index in [9.17, 15) is 9.18 Å². The van der Waals surface area contributed by atoms with Crippen LogP contribution in [0.15, 0.2) is 35.4 Å². The van der Waals surface area contributed by atoms with Crippen molar-refractivity contribution in [2.75, 3.05) is 0 Å². The van der Waals surface area contributed by atoms with Crippen LogP contribution in [0, 0.1) is 5.82 Å². The topological polar surface area (TPSA) is 46.9 Å². The molecular weight excluding hydrogens is 361 g/mol. The molecule has 1 atom stereocenters. The molecule has 1 aromatic carbocycles. The van der Waals surface area contributed by atoms with Crippen molar-refractivity contribution in [2.45, 2.75) is 58.2 Å². The SMILES string of the molecule is CCCCn1cnc2sc3c(c2c1=O)CCC(NCc1ccccc1F)C3. The molecule has 1 unspecified atom stereocenters. The predicted octanol–water partition coefficient (Wildman–Crippen LogP) is 4.04. The summed E-state index contributed by atoms with van der Waals surface area (Å²) in [5.41, 5.74) is 1.98. The zero-order valence-electron chi connectivity index (χ0n) is 15.5. The fourth-order valence-corrected chi connectivity index (χ4v) is 5.02. The van der Waals surface area contributed by atoms with Gasteiger partial charge in [-0.15, -0.1) is 11.3 Å². The summed E-state index contributed by atoms with van der Waals surface area (Å²) in [5.74, 6) is -0.166. The first-order valence-electron chi connectivity index (χ1n) is 9.64. The van der Waals surface area contributed by atoms with Crippen molar-refractivity contribution in [1.82, 2.24) is 14.9 Å². The van der Waals surface area contributed by atoms with Crippen molar-refractivity contribution in [2.24, 2.45) is 0 Å². The standard InChI is InChI=1S/C21H24FN3OS/c1-2-3-10-25-13-24-20-19(21(25)26)16-9-8-15(11-18(16)27-20)23-12-14-6-4-5-7-17(14)22/h4-7,13,15,23H,2-3,8-12H2,1H3. The first kappa shape index (κ1) is 18.3. The maximum atomic E-state index is 13.8. The Morgan fingerprint density at radius 3 is 3.04 bits per heavy atom. The lowest BCUT2D eigenvalue weighted by Crippen LogP contribution is -2.34. The van der Waals surface area contributed by atoms with Gasteiger partial charge in [-0.05, 0) is 37.3 Å². The number of aromatic nitrogens is 2. The zero-order chi connectivity index (χ0) is 18.8. The Hall–Kier alpha value is -2.05. The van der Waals surface area contributed by atoms with Crippen LogP contribution >= 0.6 is 11.3 Å². The van der Waals surface area contributed by atoms with Gasteiger partial charge in [0, 0.05) is 29.6 Å². The average Bonchev–Trinajstić information content (AvgIpc) is 3.05. The molecule has 3 aromatic rings. The Bertz CT molecular complexity index is 1010. The molecule has 0 fully saturated rings. The number of unbranched alkanes of at least 4 members (excludes halogenated alkanes) is 1. The number of nitrogens with zero attached hydrogens (tertiary/aromatic N) is 2. The second-order valence-corrected chi connectivity index (χ2v) is 8.28. The van der Waals surface area contributed by atoms with Crippen molar-refractivity contribution in [3.8, 4) is 0 Å². The molecule has 0 radical (unpaired) electrons. The van der Waals surface area contributed by atoms with Gasteiger partial charge in [0.15, 0.2) is 0 Å². The summed E-state index contributed by atoms with van der Waals surface area (Å²) >= 11 is 1.64. The van der Waals surface area contributed by atoms with Gasteiger partial charge in [0.1, 0.15) is 10.6 Å². The highest BCUT2D eigenvalue weighted by Gasteiger charge is 2.25. The first-order chi connectivity index (χ1) is 13.2. The minimum absolute atomic E-state index is 0.101. The molecule has 1 aliphatic carbocycles. The van der Waals surface area contributed by atoms with Crippen LogP contribution in [0.1, 0.15) is 42.2 Å². The van der Waals surface area contributed by atoms with Crippen molar-refractivity contribution in [3.05, 3.63) is 62.8 Å². The molecular formula is C21H24FN3OS. The van der Waals surface area contributed by atoms with Crippen molar-refractivity contribution in [3.63, 3.8) is 0 Å². The van der Waals surface area contributed by atoms with Crippen LogP contribution in [0.4, 0.5) is 4.39 Å². The van der Waals surface area contributed by atoms with Crippen LogP contribution < -0.4 is 10.9 Å². The second kappa shape index (κ2) is 7.90. The smallest absolute Gasteiger partial charge is 0.262 e. The minimum atomic E-state index is -0.166. The average molecular weight is 386 g/mol. The monoisotopic (exact) mass is 385 g/mol. The van der Waals surface area contributed by atoms with Crippen molar-refractivity contribution >= 4 is 21.6 Å². The Balaban J connectivity index is 1.53. The summed E-state index contributed by atoms with van der Waals surface area (Å²) in [4.78, 5) is 19.5. The third kappa shape index (κ3) is 3.69. The highest BCUT2D eigenvalue weighted by Crippen LogP contribution is 2.33. The first-order valence-corrected chi connectivity index (χ1v) is 10.5. The minimum Gasteiger partial charge on any atom is -0.309 e. The number of hydrogen-bond acceptors (Lipinski definition) is 4. The highest BCUT2D eigenvalue weighted by atomic mass is 32.1. The maximum absolute atomic E-state index is 13.8. The number of rotatable bonds is 6. The molecule has 0 saturated heterocycles. The molecule has 0 amide bonds. The Morgan fingerprint density at radius 1 is 1.37 bits per heavy atom. The normalized spacial score (nSPS) is 16.6. The summed E-state index contributed by atoms with van der Waals surface area (Å²) in [5, 5.41) is 4.30. The molecule has 142 valence electrons. The van der Waals surface area contributed by atoms with E-state index >= 15 is 0 Å². The largest absolute Gasteiger partial charge is 0.309 e. The Morgan fingerprint density at radius 2 is 2.22 bits per heavy atom. The van der Waals surface area contributed by atoms with E-state index in [1.807, 2.05) is 12.1 Å². The molecule has 27 heavy (non-hydrogen) atoms. The van der Waals surface area contributed by atoms with Crippen LogP contribution in [0.2, 0.25) is 0 Å². The lowest BCUT2D eigenvalue weighted by Gasteiger charge is -2.23. The van der Waals surface area contributed by atoms with Gasteiger partial charge in [0.25, 0.3) is 5.56 Å². The van der Waals surface area contributed by atoms with Crippen LogP contribution in [0.5, 0.6) is 0 Å². The molecule has 0 saturated carbocycles. The summed E-state index contributed by atoms with van der Waals surface area (Å²) in [6.07, 6.45) is 6.44. The van der Waals surface area contributed by atoms with E-state index < -0.39 is 0 Å². The van der Waals surface area contributed by atoms with Crippen LogP contribution in [-0.4, -0.2) is 15.6 Å². The molecule has 4 nitrogen and oxygen atoms in total. The van der Waals surface area contributed by atoms with Gasteiger partial charge < -0.3 is 5.32 Å². The number of hydrogen-bond donors (Lipinski definition) is 1. The molecule has 1 aliphatic rings. The number of thiophene rings is 1. The van der Waals surface area contributed by atoms with E-state index in [1.54, 1.807) is 28.3 Å². The lowest BCUT2D eigenvalue weighted by atomic mass is 9.93. The van der Waals surface area contributed by atoms with Gasteiger partial charge in [0.05, 0.1) is 11.7 Å². The summed E-state index contributed by atoms with van der Waals surface area (Å²) in [6, 6.07) is 7.19. The second-order valence-electron chi connectivity index (χ2n) is 7.19. The van der Waals surface area contributed by atoms with E-state index in [-0.39, 0.29) is 11.4 Å². The molecule has 0 spiro atoms. The van der Waals surface area contributed by atoms with Gasteiger partial charge in [-0.25, -0.2) is 9.37 Å². The molecule has 0 aliphatic heterocycles. The summed E-state index contributed by atoms with van der Waals surface area (Å²) < 4.78 is 15.6. The Kier molecular flexibility index (Phi) is 5.36. The van der Waals surface area contributed by atoms with Crippen molar-refractivity contribution < 1.29 is 4.39 Å². The number of aryl methyl sites for hydroxylation is 2. The highest BCUT2D eigenvalue weighted by molar-refractivity contribution is 7.18. The Labute approximate surface area is 162 Å². The van der Waals surface area contributed by atoms with Gasteiger partial charge in [-0.1, -0.05) is 31.5 Å². The van der Waals surface area contributed by atoms with Gasteiger partial charge >= 0.3 is 0 Å². The maximum Gasteiger partial charge on any atom is 0.262 e. The fraction of sp³-hybridized carbons (Fsp3) is 0.429. The summed E-state index contributed by atoms with van der Waals surface area (Å²) in [7, 11) is 0. The third-order valence-corrected chi connectivity index (χ3v) is 6.49. The third-order valence-electron chi connectivity index (χ3n) is 5.33. The van der Waals surface area contributed by atoms with Crippen LogP contribution in [-0.2, 0) is 25.9 Å². The number of nitrogens with one attached hydrogen (secondary N) is 1. The van der Waals surface area contributed by atoms with Crippen LogP contribution in [0.25, 0.3) is 10.2 Å². The van der Waals surface area contributed by atoms with Crippen LogP contribution in [0.3, 0.4) is 0 Å². The lowest BCUT2D eigenvalue weighted by molar-refractivity contribution is 0.456. The molecule has 0 bridgehead atoms. The molecule has 6 heteroatoms. The zero-order valence-corrected chi connectivity index (χ0v) is 16.3. The molecule has 1 N–H and O–H groups in total. The molecule has 2 aromatic heterocycles. The van der Waals surface area contributed by atoms with Gasteiger partial charge in [-0.3, -0.25) is 9.36 Å². The number of benzene rings is 1. The van der Waals surface area contributed by atoms with E-state index in [1.165, 1.54) is 16.5 Å². The fourth-order valence-electron chi connectivity index (χ4n) is 3.76. The van der Waals surface area contributed by atoms with E-state index in [2.05, 4.69) is 17.2 Å². The number of fused-ring (bicyclic) bond motifs is 3. The van der Waals surface area contributed by atoms with Gasteiger partial charge in [-0.2, -0.15) is 0 Å². The van der Waals surface area contributed by atoms with Gasteiger partial charge in [0.2, 0.25) is 0 Å². The van der Waals surface area contributed by atoms with E-state index in [0.29, 0.717) is 18.2 Å². The quantitative estimate of drug-likeness (QED) is 0.696. The van der Waals surface area contributed by atoms with Crippen molar-refractivity contribution in [1.29, 1.82) is 0 Å². The molecule has 4 rings (SSSR count). The van der Waals surface area contributed by atoms with E-state index in [4.69, 9.17) is 0 Å². The molecule has 2 heterocycles. The van der Waals surface area contributed by atoms with E-state index in [0.717, 1.165) is 48.9 Å². The predicted molar refractivity (Wildman–Crippen MR) is 108 cm³/mol.